The summed E-state index contributed by atoms with van der Waals surface area (Å²) in [5.41, 5.74) is 4.99. The number of sulfone groups is 1. The maximum absolute atomic E-state index is 12.5. The molecular weight excluding hydrogens is 440 g/mol. The largest absolute Gasteiger partial charge is 0.439 e. The number of amides is 2. The van der Waals surface area contributed by atoms with Crippen LogP contribution in [0.2, 0.25) is 0 Å². The zero-order chi connectivity index (χ0) is 23.5. The van der Waals surface area contributed by atoms with E-state index in [0.717, 1.165) is 24.5 Å². The molecule has 0 aliphatic heterocycles. The maximum Gasteiger partial charge on any atom is 0.271 e. The third-order valence-corrected chi connectivity index (χ3v) is 5.22. The van der Waals surface area contributed by atoms with Crippen molar-refractivity contribution in [3.8, 4) is 11.6 Å². The molecule has 1 aromatic heterocycles. The summed E-state index contributed by atoms with van der Waals surface area (Å²) >= 11 is 0. The second kappa shape index (κ2) is 8.81. The Kier molecular flexibility index (Phi) is 6.16. The Balaban J connectivity index is 1.78. The van der Waals surface area contributed by atoms with Gasteiger partial charge in [0.05, 0.1) is 21.7 Å². The highest BCUT2D eigenvalue weighted by atomic mass is 32.2. The van der Waals surface area contributed by atoms with Gasteiger partial charge in [-0.05, 0) is 30.3 Å². The Bertz CT molecular complexity index is 1320. The molecule has 2 amide bonds. The van der Waals surface area contributed by atoms with Crippen LogP contribution in [0.4, 0.5) is 11.4 Å². The number of benzene rings is 2. The van der Waals surface area contributed by atoms with Crippen LogP contribution in [0.15, 0.2) is 65.7 Å². The number of nitrogens with zero attached hydrogens (tertiary/aromatic N) is 2. The highest BCUT2D eigenvalue weighted by molar-refractivity contribution is 7.90. The lowest BCUT2D eigenvalue weighted by atomic mass is 10.2. The minimum absolute atomic E-state index is 0.166. The van der Waals surface area contributed by atoms with E-state index in [-0.39, 0.29) is 27.6 Å². The van der Waals surface area contributed by atoms with Crippen LogP contribution >= 0.6 is 0 Å². The molecule has 3 rings (SSSR count). The highest BCUT2D eigenvalue weighted by Crippen LogP contribution is 2.24. The molecule has 12 heteroatoms. The molecule has 3 N–H and O–H groups in total. The van der Waals surface area contributed by atoms with E-state index in [4.69, 9.17) is 10.5 Å². The molecule has 32 heavy (non-hydrogen) atoms. The van der Waals surface area contributed by atoms with Gasteiger partial charge in [-0.3, -0.25) is 19.7 Å². The highest BCUT2D eigenvalue weighted by Gasteiger charge is 2.19. The molecule has 0 atom stereocenters. The molecular formula is C20H16N4O7S. The third kappa shape index (κ3) is 5.43. The van der Waals surface area contributed by atoms with E-state index in [0.29, 0.717) is 5.75 Å². The Hall–Kier alpha value is -4.32. The van der Waals surface area contributed by atoms with Crippen molar-refractivity contribution in [2.45, 2.75) is 4.90 Å². The molecule has 0 fully saturated rings. The molecule has 1 heterocycles. The summed E-state index contributed by atoms with van der Waals surface area (Å²) in [6.07, 6.45) is 2.16. The number of anilines is 1. The zero-order valence-corrected chi connectivity index (χ0v) is 17.3. The zero-order valence-electron chi connectivity index (χ0n) is 16.5. The summed E-state index contributed by atoms with van der Waals surface area (Å²) in [4.78, 5) is 37.8. The van der Waals surface area contributed by atoms with Gasteiger partial charge < -0.3 is 15.8 Å². The van der Waals surface area contributed by atoms with E-state index in [1.807, 2.05) is 0 Å². The number of carbonyl (C=O) groups is 2. The summed E-state index contributed by atoms with van der Waals surface area (Å²) in [5, 5.41) is 13.6. The predicted molar refractivity (Wildman–Crippen MR) is 113 cm³/mol. The van der Waals surface area contributed by atoms with E-state index in [2.05, 4.69) is 10.3 Å². The van der Waals surface area contributed by atoms with Crippen molar-refractivity contribution in [2.75, 3.05) is 11.6 Å². The molecule has 0 bridgehead atoms. The van der Waals surface area contributed by atoms with Gasteiger partial charge in [0, 0.05) is 35.6 Å². The number of carbonyl (C=O) groups excluding carboxylic acids is 2. The van der Waals surface area contributed by atoms with Crippen LogP contribution < -0.4 is 15.8 Å². The normalized spacial score (nSPS) is 10.9. The molecule has 3 aromatic rings. The van der Waals surface area contributed by atoms with Crippen LogP contribution in [0.25, 0.3) is 0 Å². The lowest BCUT2D eigenvalue weighted by Gasteiger charge is -2.09. The molecule has 0 saturated carbocycles. The minimum Gasteiger partial charge on any atom is -0.439 e. The maximum atomic E-state index is 12.5. The monoisotopic (exact) mass is 456 g/mol. The van der Waals surface area contributed by atoms with Crippen molar-refractivity contribution in [2.24, 2.45) is 5.73 Å². The van der Waals surface area contributed by atoms with Gasteiger partial charge in [-0.25, -0.2) is 13.4 Å². The van der Waals surface area contributed by atoms with Crippen molar-refractivity contribution in [3.63, 3.8) is 0 Å². The molecule has 0 aliphatic carbocycles. The number of ether oxygens (including phenoxy) is 1. The van der Waals surface area contributed by atoms with Crippen molar-refractivity contribution in [1.29, 1.82) is 0 Å². The Morgan fingerprint density at radius 3 is 2.44 bits per heavy atom. The first-order valence-corrected chi connectivity index (χ1v) is 10.8. The molecule has 2 aromatic carbocycles. The minimum atomic E-state index is -3.77. The fraction of sp³-hybridized carbons (Fsp3) is 0.0500. The summed E-state index contributed by atoms with van der Waals surface area (Å²) in [5.74, 6) is -0.875. The van der Waals surface area contributed by atoms with E-state index in [9.17, 15) is 28.1 Å². The number of rotatable bonds is 7. The van der Waals surface area contributed by atoms with Crippen molar-refractivity contribution in [3.05, 3.63) is 82.0 Å². The lowest BCUT2D eigenvalue weighted by Crippen LogP contribution is -2.13. The van der Waals surface area contributed by atoms with Gasteiger partial charge in [-0.2, -0.15) is 0 Å². The number of nitro benzene ring substituents is 1. The van der Waals surface area contributed by atoms with Crippen LogP contribution in [-0.4, -0.2) is 36.4 Å². The summed E-state index contributed by atoms with van der Waals surface area (Å²) < 4.78 is 29.1. The Morgan fingerprint density at radius 1 is 1.09 bits per heavy atom. The fourth-order valence-electron chi connectivity index (χ4n) is 2.59. The van der Waals surface area contributed by atoms with Gasteiger partial charge in [0.15, 0.2) is 9.84 Å². The first kappa shape index (κ1) is 22.4. The number of primary amides is 1. The molecule has 0 unspecified atom stereocenters. The number of aromatic nitrogens is 1. The first-order valence-electron chi connectivity index (χ1n) is 8.87. The van der Waals surface area contributed by atoms with Crippen molar-refractivity contribution in [1.82, 2.24) is 4.98 Å². The fourth-order valence-corrected chi connectivity index (χ4v) is 3.26. The Labute approximate surface area is 181 Å². The van der Waals surface area contributed by atoms with Crippen LogP contribution in [0.1, 0.15) is 20.7 Å². The molecule has 0 radical (unpaired) electrons. The SMILES string of the molecule is CS(=O)(=O)c1cc(C(=O)Nc2ccc(Oc3cccc(C(N)=O)c3)nc2)cc([N+](=O)[O-])c1. The number of nitrogens with one attached hydrogen (secondary N) is 1. The number of hydrogen-bond acceptors (Lipinski definition) is 8. The van der Waals surface area contributed by atoms with Crippen LogP contribution in [0.5, 0.6) is 11.6 Å². The van der Waals surface area contributed by atoms with E-state index >= 15 is 0 Å². The predicted octanol–water partition coefficient (Wildman–Crippen LogP) is 2.54. The number of hydrogen-bond donors (Lipinski definition) is 2. The van der Waals surface area contributed by atoms with E-state index in [1.165, 1.54) is 30.5 Å². The van der Waals surface area contributed by atoms with Crippen molar-refractivity contribution < 1.29 is 27.7 Å². The Morgan fingerprint density at radius 2 is 1.84 bits per heavy atom. The smallest absolute Gasteiger partial charge is 0.271 e. The summed E-state index contributed by atoms with van der Waals surface area (Å²) in [6, 6.07) is 12.0. The molecule has 0 spiro atoms. The summed E-state index contributed by atoms with van der Waals surface area (Å²) in [7, 11) is -3.77. The van der Waals surface area contributed by atoms with E-state index < -0.39 is 32.3 Å². The van der Waals surface area contributed by atoms with Gasteiger partial charge in [-0.1, -0.05) is 6.07 Å². The average molecular weight is 456 g/mol. The standard InChI is InChI=1S/C20H16N4O7S/c1-32(29,30)17-9-13(7-15(10-17)24(27)28)20(26)23-14-5-6-18(22-11-14)31-16-4-2-3-12(8-16)19(21)25/h2-11H,1H3,(H2,21,25)(H,23,26). The molecule has 11 nitrogen and oxygen atoms in total. The lowest BCUT2D eigenvalue weighted by molar-refractivity contribution is -0.385. The van der Waals surface area contributed by atoms with E-state index in [1.54, 1.807) is 12.1 Å². The van der Waals surface area contributed by atoms with Crippen LogP contribution in [0.3, 0.4) is 0 Å². The molecule has 0 saturated heterocycles. The first-order chi connectivity index (χ1) is 15.0. The summed E-state index contributed by atoms with van der Waals surface area (Å²) in [6.45, 7) is 0. The second-order valence-electron chi connectivity index (χ2n) is 6.58. The van der Waals surface area contributed by atoms with Crippen molar-refractivity contribution >= 4 is 33.0 Å². The van der Waals surface area contributed by atoms with Gasteiger partial charge in [0.25, 0.3) is 11.6 Å². The molecule has 0 aliphatic rings. The average Bonchev–Trinajstić information content (AvgIpc) is 2.74. The van der Waals surface area contributed by atoms with Gasteiger partial charge in [0.2, 0.25) is 11.8 Å². The van der Waals surface area contributed by atoms with Crippen LogP contribution in [-0.2, 0) is 9.84 Å². The number of nitro groups is 1. The number of pyridine rings is 1. The quantitative estimate of drug-likeness (QED) is 0.403. The van der Waals surface area contributed by atoms with Gasteiger partial charge >= 0.3 is 0 Å². The number of non-ortho nitro benzene ring substituents is 1. The number of nitrogens with two attached hydrogens (primary N) is 1. The van der Waals surface area contributed by atoms with Gasteiger partial charge in [0.1, 0.15) is 5.75 Å². The topological polar surface area (TPSA) is 172 Å². The van der Waals surface area contributed by atoms with Crippen LogP contribution in [0, 0.1) is 10.1 Å². The van der Waals surface area contributed by atoms with Gasteiger partial charge in [-0.15, -0.1) is 0 Å². The third-order valence-electron chi connectivity index (χ3n) is 4.13. The molecule has 164 valence electrons. The second-order valence-corrected chi connectivity index (χ2v) is 8.59.